The van der Waals surface area contributed by atoms with Crippen LogP contribution in [0.2, 0.25) is 0 Å². The molecule has 1 N–H and O–H groups in total. The second-order valence-corrected chi connectivity index (χ2v) is 4.32. The van der Waals surface area contributed by atoms with E-state index >= 15 is 0 Å². The zero-order valence-corrected chi connectivity index (χ0v) is 10.4. The largest absolute Gasteiger partial charge is 0.493 e. The molecule has 0 fully saturated rings. The molecule has 0 heterocycles. The van der Waals surface area contributed by atoms with Crippen LogP contribution in [0.1, 0.15) is 45.3 Å². The maximum atomic E-state index is 9.64. The smallest absolute Gasteiger partial charge is 0.119 e. The lowest BCUT2D eigenvalue weighted by molar-refractivity contribution is 0.173. The standard InChI is InChI=1S/C14H22O2/c1-4-11(3)10-16-13-8-6-12(7-9-13)14(15)5-2/h6-9,11,14-15H,4-5,10H2,1-3H3/t11?,14-/m1/s1. The molecule has 0 aromatic heterocycles. The van der Waals surface area contributed by atoms with Crippen LogP contribution >= 0.6 is 0 Å². The van der Waals surface area contributed by atoms with E-state index in [0.717, 1.165) is 30.8 Å². The molecule has 0 saturated carbocycles. The fourth-order valence-corrected chi connectivity index (χ4v) is 1.38. The lowest BCUT2D eigenvalue weighted by Gasteiger charge is -2.12. The minimum atomic E-state index is -0.358. The van der Waals surface area contributed by atoms with Crippen molar-refractivity contribution in [3.63, 3.8) is 0 Å². The van der Waals surface area contributed by atoms with Crippen LogP contribution in [0, 0.1) is 5.92 Å². The van der Waals surface area contributed by atoms with Crippen LogP contribution in [-0.2, 0) is 0 Å². The molecule has 2 nitrogen and oxygen atoms in total. The Bertz CT molecular complexity index is 292. The van der Waals surface area contributed by atoms with E-state index in [1.54, 1.807) is 0 Å². The van der Waals surface area contributed by atoms with Crippen molar-refractivity contribution in [3.05, 3.63) is 29.8 Å². The van der Waals surface area contributed by atoms with Gasteiger partial charge in [0.05, 0.1) is 12.7 Å². The predicted octanol–water partition coefficient (Wildman–Crippen LogP) is 3.55. The molecule has 0 radical (unpaired) electrons. The molecule has 1 aromatic carbocycles. The number of benzene rings is 1. The number of rotatable bonds is 6. The van der Waals surface area contributed by atoms with Crippen LogP contribution in [0.4, 0.5) is 0 Å². The van der Waals surface area contributed by atoms with Gasteiger partial charge in [-0.25, -0.2) is 0 Å². The summed E-state index contributed by atoms with van der Waals surface area (Å²) >= 11 is 0. The van der Waals surface area contributed by atoms with Crippen LogP contribution in [-0.4, -0.2) is 11.7 Å². The van der Waals surface area contributed by atoms with E-state index in [9.17, 15) is 5.11 Å². The molecule has 1 rings (SSSR count). The monoisotopic (exact) mass is 222 g/mol. The number of hydrogen-bond donors (Lipinski definition) is 1. The summed E-state index contributed by atoms with van der Waals surface area (Å²) in [7, 11) is 0. The third kappa shape index (κ3) is 3.86. The van der Waals surface area contributed by atoms with Gasteiger partial charge in [0.2, 0.25) is 0 Å². The summed E-state index contributed by atoms with van der Waals surface area (Å²) in [4.78, 5) is 0. The van der Waals surface area contributed by atoms with E-state index in [-0.39, 0.29) is 6.10 Å². The van der Waals surface area contributed by atoms with E-state index in [1.165, 1.54) is 0 Å². The highest BCUT2D eigenvalue weighted by atomic mass is 16.5. The number of hydrogen-bond acceptors (Lipinski definition) is 2. The fraction of sp³-hybridized carbons (Fsp3) is 0.571. The van der Waals surface area contributed by atoms with Crippen LogP contribution in [0.3, 0.4) is 0 Å². The van der Waals surface area contributed by atoms with Gasteiger partial charge in [-0.15, -0.1) is 0 Å². The Morgan fingerprint density at radius 1 is 1.12 bits per heavy atom. The molecule has 0 bridgehead atoms. The summed E-state index contributed by atoms with van der Waals surface area (Å²) in [6.45, 7) is 7.06. The minimum absolute atomic E-state index is 0.358. The second kappa shape index (κ2) is 6.54. The summed E-state index contributed by atoms with van der Waals surface area (Å²) in [5.74, 6) is 1.47. The van der Waals surface area contributed by atoms with Crippen LogP contribution < -0.4 is 4.74 Å². The van der Waals surface area contributed by atoms with Gasteiger partial charge in [0.1, 0.15) is 5.75 Å². The zero-order valence-electron chi connectivity index (χ0n) is 10.4. The fourth-order valence-electron chi connectivity index (χ4n) is 1.38. The van der Waals surface area contributed by atoms with Crippen LogP contribution in [0.15, 0.2) is 24.3 Å². The lowest BCUT2D eigenvalue weighted by atomic mass is 10.1. The quantitative estimate of drug-likeness (QED) is 0.797. The summed E-state index contributed by atoms with van der Waals surface area (Å²) < 4.78 is 5.65. The van der Waals surface area contributed by atoms with Crippen LogP contribution in [0.5, 0.6) is 5.75 Å². The third-order valence-corrected chi connectivity index (χ3v) is 2.88. The molecule has 90 valence electrons. The summed E-state index contributed by atoms with van der Waals surface area (Å²) in [5, 5.41) is 9.64. The Morgan fingerprint density at radius 3 is 2.25 bits per heavy atom. The van der Waals surface area contributed by atoms with E-state index in [1.807, 2.05) is 31.2 Å². The van der Waals surface area contributed by atoms with Crippen molar-refractivity contribution in [2.24, 2.45) is 5.92 Å². The van der Waals surface area contributed by atoms with Crippen molar-refractivity contribution < 1.29 is 9.84 Å². The van der Waals surface area contributed by atoms with Gasteiger partial charge in [-0.2, -0.15) is 0 Å². The maximum absolute atomic E-state index is 9.64. The molecular weight excluding hydrogens is 200 g/mol. The first-order valence-corrected chi connectivity index (χ1v) is 6.08. The van der Waals surface area contributed by atoms with Crippen molar-refractivity contribution in [2.75, 3.05) is 6.61 Å². The summed E-state index contributed by atoms with van der Waals surface area (Å²) in [6, 6.07) is 7.72. The summed E-state index contributed by atoms with van der Waals surface area (Å²) in [6.07, 6.45) is 1.52. The first-order valence-electron chi connectivity index (χ1n) is 6.08. The van der Waals surface area contributed by atoms with Gasteiger partial charge in [-0.1, -0.05) is 39.3 Å². The van der Waals surface area contributed by atoms with Crippen LogP contribution in [0.25, 0.3) is 0 Å². The first-order chi connectivity index (χ1) is 7.67. The predicted molar refractivity (Wildman–Crippen MR) is 66.6 cm³/mol. The molecule has 0 aliphatic carbocycles. The molecule has 0 spiro atoms. The van der Waals surface area contributed by atoms with Crippen molar-refractivity contribution in [3.8, 4) is 5.75 Å². The van der Waals surface area contributed by atoms with E-state index in [0.29, 0.717) is 5.92 Å². The van der Waals surface area contributed by atoms with Crippen molar-refractivity contribution in [1.82, 2.24) is 0 Å². The summed E-state index contributed by atoms with van der Waals surface area (Å²) in [5.41, 5.74) is 0.957. The Kier molecular flexibility index (Phi) is 5.33. The van der Waals surface area contributed by atoms with Gasteiger partial charge in [0.15, 0.2) is 0 Å². The lowest BCUT2D eigenvalue weighted by Crippen LogP contribution is -2.07. The topological polar surface area (TPSA) is 29.5 Å². The molecule has 0 saturated heterocycles. The molecule has 1 aromatic rings. The Hall–Kier alpha value is -1.02. The molecular formula is C14H22O2. The van der Waals surface area contributed by atoms with Crippen molar-refractivity contribution >= 4 is 0 Å². The van der Waals surface area contributed by atoms with E-state index in [4.69, 9.17) is 4.74 Å². The number of ether oxygens (including phenoxy) is 1. The normalized spacial score (nSPS) is 14.5. The molecule has 0 aliphatic rings. The average molecular weight is 222 g/mol. The molecule has 16 heavy (non-hydrogen) atoms. The third-order valence-electron chi connectivity index (χ3n) is 2.88. The number of aliphatic hydroxyl groups is 1. The van der Waals surface area contributed by atoms with Gasteiger partial charge in [-0.05, 0) is 30.0 Å². The van der Waals surface area contributed by atoms with Gasteiger partial charge >= 0.3 is 0 Å². The maximum Gasteiger partial charge on any atom is 0.119 e. The highest BCUT2D eigenvalue weighted by Crippen LogP contribution is 2.20. The average Bonchev–Trinajstić information content (AvgIpc) is 2.35. The molecule has 2 heteroatoms. The van der Waals surface area contributed by atoms with Gasteiger partial charge in [-0.3, -0.25) is 0 Å². The van der Waals surface area contributed by atoms with Gasteiger partial charge in [0.25, 0.3) is 0 Å². The molecule has 0 aliphatic heterocycles. The second-order valence-electron chi connectivity index (χ2n) is 4.32. The zero-order chi connectivity index (χ0) is 12.0. The van der Waals surface area contributed by atoms with Crippen molar-refractivity contribution in [1.29, 1.82) is 0 Å². The number of aliphatic hydroxyl groups excluding tert-OH is 1. The highest BCUT2D eigenvalue weighted by molar-refractivity contribution is 5.28. The van der Waals surface area contributed by atoms with E-state index in [2.05, 4.69) is 13.8 Å². The first kappa shape index (κ1) is 13.0. The van der Waals surface area contributed by atoms with Gasteiger partial charge < -0.3 is 9.84 Å². The van der Waals surface area contributed by atoms with Gasteiger partial charge in [0, 0.05) is 0 Å². The Morgan fingerprint density at radius 2 is 1.75 bits per heavy atom. The SMILES string of the molecule is CCC(C)COc1ccc([C@H](O)CC)cc1. The molecule has 2 atom stereocenters. The molecule has 0 amide bonds. The van der Waals surface area contributed by atoms with Crippen molar-refractivity contribution in [2.45, 2.75) is 39.7 Å². The molecule has 1 unspecified atom stereocenters. The van der Waals surface area contributed by atoms with E-state index < -0.39 is 0 Å². The Labute approximate surface area is 98.3 Å². The highest BCUT2D eigenvalue weighted by Gasteiger charge is 2.05. The Balaban J connectivity index is 2.51. The minimum Gasteiger partial charge on any atom is -0.493 e.